The molecule has 2 aromatic carbocycles. The van der Waals surface area contributed by atoms with Crippen molar-refractivity contribution in [3.8, 4) is 11.5 Å². The third-order valence-electron chi connectivity index (χ3n) is 5.42. The van der Waals surface area contributed by atoms with E-state index in [1.807, 2.05) is 42.6 Å². The van der Waals surface area contributed by atoms with Gasteiger partial charge in [0, 0.05) is 35.7 Å². The number of hydrogen-bond acceptors (Lipinski definition) is 7. The van der Waals surface area contributed by atoms with Crippen molar-refractivity contribution in [1.29, 1.82) is 0 Å². The van der Waals surface area contributed by atoms with Crippen LogP contribution in [0.15, 0.2) is 64.4 Å². The first-order valence-electron chi connectivity index (χ1n) is 10.9. The highest BCUT2D eigenvalue weighted by molar-refractivity contribution is 7.09. The van der Waals surface area contributed by atoms with Gasteiger partial charge in [-0.15, -0.1) is 21.5 Å². The standard InChI is InChI=1S/C25H25N5O4S/c1-16-15-35-20(26-16)14-30(3)22(31)19-11-7-10-18(12-19)21-28-29-23(34-21)25(2,27-24(32)33)13-17-8-5-4-6-9-17/h4-12,15,27H,13-14H2,1-3H3,(H,32,33). The zero-order valence-electron chi connectivity index (χ0n) is 19.6. The van der Waals surface area contributed by atoms with Gasteiger partial charge < -0.3 is 19.7 Å². The Balaban J connectivity index is 1.57. The maximum absolute atomic E-state index is 13.0. The van der Waals surface area contributed by atoms with Gasteiger partial charge in [-0.1, -0.05) is 36.4 Å². The molecule has 0 bridgehead atoms. The highest BCUT2D eigenvalue weighted by Gasteiger charge is 2.35. The van der Waals surface area contributed by atoms with Crippen molar-refractivity contribution in [3.05, 3.63) is 87.7 Å². The monoisotopic (exact) mass is 491 g/mol. The molecule has 9 nitrogen and oxygen atoms in total. The number of thiazole rings is 1. The van der Waals surface area contributed by atoms with E-state index in [-0.39, 0.29) is 17.7 Å². The zero-order chi connectivity index (χ0) is 25.0. The molecule has 35 heavy (non-hydrogen) atoms. The fraction of sp³-hybridized carbons (Fsp3) is 0.240. The number of benzene rings is 2. The molecule has 0 radical (unpaired) electrons. The summed E-state index contributed by atoms with van der Waals surface area (Å²) >= 11 is 1.51. The molecule has 2 amide bonds. The van der Waals surface area contributed by atoms with E-state index in [4.69, 9.17) is 4.42 Å². The molecule has 4 aromatic rings. The van der Waals surface area contributed by atoms with Gasteiger partial charge in [-0.25, -0.2) is 9.78 Å². The van der Waals surface area contributed by atoms with E-state index in [2.05, 4.69) is 20.5 Å². The van der Waals surface area contributed by atoms with Crippen molar-refractivity contribution in [1.82, 2.24) is 25.4 Å². The van der Waals surface area contributed by atoms with E-state index < -0.39 is 11.6 Å². The molecule has 4 rings (SSSR count). The minimum Gasteiger partial charge on any atom is -0.465 e. The number of nitrogens with one attached hydrogen (secondary N) is 1. The Morgan fingerprint density at radius 3 is 2.60 bits per heavy atom. The summed E-state index contributed by atoms with van der Waals surface area (Å²) < 4.78 is 5.92. The largest absolute Gasteiger partial charge is 0.465 e. The lowest BCUT2D eigenvalue weighted by molar-refractivity contribution is 0.0785. The van der Waals surface area contributed by atoms with E-state index in [9.17, 15) is 14.7 Å². The number of aryl methyl sites for hydroxylation is 1. The van der Waals surface area contributed by atoms with Crippen LogP contribution >= 0.6 is 11.3 Å². The highest BCUT2D eigenvalue weighted by Crippen LogP contribution is 2.28. The lowest BCUT2D eigenvalue weighted by Gasteiger charge is -2.25. The number of carbonyl (C=O) groups is 2. The molecular weight excluding hydrogens is 466 g/mol. The Morgan fingerprint density at radius 1 is 1.14 bits per heavy atom. The molecule has 1 atom stereocenters. The first-order chi connectivity index (χ1) is 16.7. The molecule has 0 aliphatic heterocycles. The highest BCUT2D eigenvalue weighted by atomic mass is 32.1. The second-order valence-corrected chi connectivity index (χ2v) is 9.40. The average Bonchev–Trinajstić information content (AvgIpc) is 3.48. The molecule has 2 heterocycles. The van der Waals surface area contributed by atoms with Crippen LogP contribution < -0.4 is 5.32 Å². The Labute approximate surface area is 206 Å². The van der Waals surface area contributed by atoms with Gasteiger partial charge in [-0.2, -0.15) is 0 Å². The first-order valence-corrected chi connectivity index (χ1v) is 11.8. The summed E-state index contributed by atoms with van der Waals surface area (Å²) in [7, 11) is 1.73. The van der Waals surface area contributed by atoms with E-state index in [0.29, 0.717) is 24.1 Å². The van der Waals surface area contributed by atoms with Gasteiger partial charge >= 0.3 is 6.09 Å². The quantitative estimate of drug-likeness (QED) is 0.372. The number of carboxylic acid groups (broad SMARTS) is 1. The van der Waals surface area contributed by atoms with Gasteiger partial charge in [0.1, 0.15) is 10.5 Å². The minimum atomic E-state index is -1.20. The summed E-state index contributed by atoms with van der Waals surface area (Å²) in [6.07, 6.45) is -0.879. The molecule has 180 valence electrons. The number of aromatic nitrogens is 3. The SMILES string of the molecule is Cc1csc(CN(C)C(=O)c2cccc(-c3nnc(C(C)(Cc4ccccc4)NC(=O)O)o3)c2)n1. The van der Waals surface area contributed by atoms with Crippen LogP contribution in [0, 0.1) is 6.92 Å². The van der Waals surface area contributed by atoms with Crippen LogP contribution in [0.3, 0.4) is 0 Å². The first kappa shape index (κ1) is 24.1. The number of amides is 2. The smallest absolute Gasteiger partial charge is 0.405 e. The van der Waals surface area contributed by atoms with Crippen LogP contribution in [-0.2, 0) is 18.5 Å². The lowest BCUT2D eigenvalue weighted by Crippen LogP contribution is -2.44. The predicted octanol–water partition coefficient (Wildman–Crippen LogP) is 4.50. The molecule has 10 heteroatoms. The van der Waals surface area contributed by atoms with E-state index >= 15 is 0 Å². The number of carbonyl (C=O) groups excluding carboxylic acids is 1. The predicted molar refractivity (Wildman–Crippen MR) is 131 cm³/mol. The van der Waals surface area contributed by atoms with Crippen molar-refractivity contribution in [2.45, 2.75) is 32.4 Å². The van der Waals surface area contributed by atoms with Crippen molar-refractivity contribution in [3.63, 3.8) is 0 Å². The maximum atomic E-state index is 13.0. The molecule has 0 fully saturated rings. The second-order valence-electron chi connectivity index (χ2n) is 8.46. The zero-order valence-corrected chi connectivity index (χ0v) is 20.4. The fourth-order valence-corrected chi connectivity index (χ4v) is 4.56. The van der Waals surface area contributed by atoms with E-state index in [0.717, 1.165) is 16.3 Å². The van der Waals surface area contributed by atoms with Crippen LogP contribution in [0.5, 0.6) is 0 Å². The third-order valence-corrected chi connectivity index (χ3v) is 6.37. The number of hydrogen-bond donors (Lipinski definition) is 2. The molecule has 1 unspecified atom stereocenters. The number of rotatable bonds is 8. The number of nitrogens with zero attached hydrogens (tertiary/aromatic N) is 4. The van der Waals surface area contributed by atoms with Crippen LogP contribution in [-0.4, -0.2) is 44.2 Å². The van der Waals surface area contributed by atoms with Crippen LogP contribution in [0.2, 0.25) is 0 Å². The Hall–Kier alpha value is -4.05. The summed E-state index contributed by atoms with van der Waals surface area (Å²) in [6, 6.07) is 16.4. The van der Waals surface area contributed by atoms with Crippen LogP contribution in [0.25, 0.3) is 11.5 Å². The van der Waals surface area contributed by atoms with Gasteiger partial charge in [0.05, 0.1) is 6.54 Å². The molecule has 0 saturated carbocycles. The summed E-state index contributed by atoms with van der Waals surface area (Å²) in [6.45, 7) is 4.02. The van der Waals surface area contributed by atoms with Crippen molar-refractivity contribution >= 4 is 23.3 Å². The third kappa shape index (κ3) is 5.72. The minimum absolute atomic E-state index is 0.131. The average molecular weight is 492 g/mol. The van der Waals surface area contributed by atoms with Crippen LogP contribution in [0.4, 0.5) is 4.79 Å². The molecule has 0 saturated heterocycles. The summed E-state index contributed by atoms with van der Waals surface area (Å²) in [4.78, 5) is 30.5. The maximum Gasteiger partial charge on any atom is 0.405 e. The van der Waals surface area contributed by atoms with Crippen molar-refractivity contribution in [2.24, 2.45) is 0 Å². The van der Waals surface area contributed by atoms with Crippen molar-refractivity contribution < 1.29 is 19.1 Å². The molecule has 0 aliphatic carbocycles. The van der Waals surface area contributed by atoms with E-state index in [1.165, 1.54) is 11.3 Å². The van der Waals surface area contributed by atoms with E-state index in [1.54, 1.807) is 43.1 Å². The van der Waals surface area contributed by atoms with Gasteiger partial charge in [-0.3, -0.25) is 4.79 Å². The van der Waals surface area contributed by atoms with Gasteiger partial charge in [0.25, 0.3) is 5.91 Å². The summed E-state index contributed by atoms with van der Waals surface area (Å²) in [5, 5.41) is 23.0. The van der Waals surface area contributed by atoms with Gasteiger partial charge in [-0.05, 0) is 37.6 Å². The Kier molecular flexibility index (Phi) is 6.92. The molecule has 0 spiro atoms. The Bertz CT molecular complexity index is 1340. The molecule has 2 aromatic heterocycles. The molecule has 2 N–H and O–H groups in total. The van der Waals surface area contributed by atoms with Crippen LogP contribution in [0.1, 0.15) is 39.4 Å². The summed E-state index contributed by atoms with van der Waals surface area (Å²) in [5.74, 6) is 0.159. The molecule has 0 aliphatic rings. The fourth-order valence-electron chi connectivity index (χ4n) is 3.73. The topological polar surface area (TPSA) is 121 Å². The Morgan fingerprint density at radius 2 is 1.91 bits per heavy atom. The normalized spacial score (nSPS) is 12.7. The van der Waals surface area contributed by atoms with Crippen molar-refractivity contribution in [2.75, 3.05) is 7.05 Å². The lowest BCUT2D eigenvalue weighted by atomic mass is 9.93. The molecular formula is C25H25N5O4S. The second kappa shape index (κ2) is 10.1. The summed E-state index contributed by atoms with van der Waals surface area (Å²) in [5.41, 5.74) is 1.73. The van der Waals surface area contributed by atoms with Gasteiger partial charge in [0.15, 0.2) is 0 Å². The van der Waals surface area contributed by atoms with Gasteiger partial charge in [0.2, 0.25) is 11.8 Å².